The first-order valence-electron chi connectivity index (χ1n) is 6.76. The molecule has 1 aromatic rings. The highest BCUT2D eigenvalue weighted by atomic mass is 32.2. The van der Waals surface area contributed by atoms with E-state index >= 15 is 0 Å². The summed E-state index contributed by atoms with van der Waals surface area (Å²) in [6.45, 7) is 4.63. The molecular weight excluding hydrogens is 295 g/mol. The minimum atomic E-state index is -3.97. The lowest BCUT2D eigenvalue weighted by atomic mass is 9.92. The van der Waals surface area contributed by atoms with Crippen LogP contribution in [0, 0.1) is 17.2 Å². The van der Waals surface area contributed by atoms with E-state index in [1.807, 2.05) is 0 Å². The van der Waals surface area contributed by atoms with Crippen molar-refractivity contribution in [1.82, 2.24) is 5.32 Å². The minimum absolute atomic E-state index is 0.0870. The first-order chi connectivity index (χ1) is 9.66. The zero-order valence-corrected chi connectivity index (χ0v) is 12.8. The third kappa shape index (κ3) is 3.41. The van der Waals surface area contributed by atoms with Crippen molar-refractivity contribution in [2.24, 2.45) is 16.5 Å². The van der Waals surface area contributed by atoms with Crippen LogP contribution in [-0.4, -0.2) is 20.9 Å². The largest absolute Gasteiger partial charge is 0.351 e. The van der Waals surface area contributed by atoms with E-state index in [0.717, 1.165) is 31.0 Å². The Morgan fingerprint density at radius 1 is 1.43 bits per heavy atom. The maximum Gasteiger partial charge on any atom is 0.254 e. The number of sulfonamides is 1. The SMILES string of the molecule is CC(C)C1(CNC(=O)c2cc(S(N)(=O)=O)ccc2F)CC1. The van der Waals surface area contributed by atoms with E-state index in [1.165, 1.54) is 0 Å². The molecular formula is C14H19FN2O3S. The molecule has 0 aliphatic heterocycles. The van der Waals surface area contributed by atoms with E-state index in [1.54, 1.807) is 0 Å². The number of halogens is 1. The summed E-state index contributed by atoms with van der Waals surface area (Å²) in [5, 5.41) is 7.67. The lowest BCUT2D eigenvalue weighted by Gasteiger charge is -2.20. The molecule has 1 aliphatic rings. The van der Waals surface area contributed by atoms with Crippen LogP contribution in [0.25, 0.3) is 0 Å². The van der Waals surface area contributed by atoms with E-state index in [0.29, 0.717) is 12.5 Å². The average Bonchev–Trinajstić information content (AvgIpc) is 3.16. The Balaban J connectivity index is 2.16. The standard InChI is InChI=1S/C14H19FN2O3S/c1-9(2)14(5-6-14)8-17-13(18)11-7-10(21(16,19)20)3-4-12(11)15/h3-4,7,9H,5-6,8H2,1-2H3,(H,17,18)(H2,16,19,20). The van der Waals surface area contributed by atoms with E-state index in [2.05, 4.69) is 19.2 Å². The molecule has 3 N–H and O–H groups in total. The molecule has 0 spiro atoms. The number of carbonyl (C=O) groups excluding carboxylic acids is 1. The van der Waals surface area contributed by atoms with Gasteiger partial charge in [0.05, 0.1) is 10.5 Å². The molecule has 1 aromatic carbocycles. The molecule has 0 saturated heterocycles. The molecule has 1 amide bonds. The van der Waals surface area contributed by atoms with Crippen LogP contribution in [0.2, 0.25) is 0 Å². The van der Waals surface area contributed by atoms with Gasteiger partial charge in [0.2, 0.25) is 10.0 Å². The lowest BCUT2D eigenvalue weighted by molar-refractivity contribution is 0.0935. The second-order valence-electron chi connectivity index (χ2n) is 5.89. The number of nitrogens with one attached hydrogen (secondary N) is 1. The van der Waals surface area contributed by atoms with Gasteiger partial charge in [-0.1, -0.05) is 13.8 Å². The number of carbonyl (C=O) groups is 1. The highest BCUT2D eigenvalue weighted by Crippen LogP contribution is 2.51. The normalized spacial score (nSPS) is 16.8. The molecule has 5 nitrogen and oxygen atoms in total. The molecule has 1 fully saturated rings. The van der Waals surface area contributed by atoms with Crippen molar-refractivity contribution in [3.8, 4) is 0 Å². The van der Waals surface area contributed by atoms with Gasteiger partial charge < -0.3 is 5.32 Å². The van der Waals surface area contributed by atoms with Crippen molar-refractivity contribution in [3.63, 3.8) is 0 Å². The Kier molecular flexibility index (Phi) is 4.08. The molecule has 0 radical (unpaired) electrons. The zero-order chi connectivity index (χ0) is 15.8. The van der Waals surface area contributed by atoms with Crippen molar-refractivity contribution in [3.05, 3.63) is 29.6 Å². The van der Waals surface area contributed by atoms with E-state index in [9.17, 15) is 17.6 Å². The summed E-state index contributed by atoms with van der Waals surface area (Å²) in [5.41, 5.74) is -0.218. The van der Waals surface area contributed by atoms with Crippen molar-refractivity contribution in [1.29, 1.82) is 0 Å². The van der Waals surface area contributed by atoms with Gasteiger partial charge in [0, 0.05) is 6.54 Å². The van der Waals surface area contributed by atoms with Gasteiger partial charge in [0.25, 0.3) is 5.91 Å². The van der Waals surface area contributed by atoms with Crippen LogP contribution in [0.4, 0.5) is 4.39 Å². The van der Waals surface area contributed by atoms with E-state index < -0.39 is 21.7 Å². The minimum Gasteiger partial charge on any atom is -0.351 e. The van der Waals surface area contributed by atoms with Crippen LogP contribution in [-0.2, 0) is 10.0 Å². The third-order valence-corrected chi connectivity index (χ3v) is 5.14. The van der Waals surface area contributed by atoms with Crippen LogP contribution in [0.5, 0.6) is 0 Å². The molecule has 0 atom stereocenters. The number of primary sulfonamides is 1. The average molecular weight is 314 g/mol. The van der Waals surface area contributed by atoms with Crippen molar-refractivity contribution < 1.29 is 17.6 Å². The molecule has 0 bridgehead atoms. The number of amides is 1. The van der Waals surface area contributed by atoms with Gasteiger partial charge in [-0.25, -0.2) is 17.9 Å². The Labute approximate surface area is 123 Å². The molecule has 0 aromatic heterocycles. The molecule has 0 heterocycles. The smallest absolute Gasteiger partial charge is 0.254 e. The fraction of sp³-hybridized carbons (Fsp3) is 0.500. The lowest BCUT2D eigenvalue weighted by Crippen LogP contribution is -2.33. The van der Waals surface area contributed by atoms with Gasteiger partial charge >= 0.3 is 0 Å². The van der Waals surface area contributed by atoms with Crippen molar-refractivity contribution in [2.75, 3.05) is 6.54 Å². The summed E-state index contributed by atoms with van der Waals surface area (Å²) < 4.78 is 36.2. The summed E-state index contributed by atoms with van der Waals surface area (Å²) in [6.07, 6.45) is 2.06. The topological polar surface area (TPSA) is 89.3 Å². The fourth-order valence-electron chi connectivity index (χ4n) is 2.33. The summed E-state index contributed by atoms with van der Waals surface area (Å²) in [5.74, 6) is -0.961. The molecule has 21 heavy (non-hydrogen) atoms. The molecule has 116 valence electrons. The summed E-state index contributed by atoms with van der Waals surface area (Å²) in [4.78, 5) is 11.8. The van der Waals surface area contributed by atoms with E-state index in [-0.39, 0.29) is 15.9 Å². The second-order valence-corrected chi connectivity index (χ2v) is 7.45. The molecule has 0 unspecified atom stereocenters. The predicted octanol–water partition coefficient (Wildman–Crippen LogP) is 1.64. The fourth-order valence-corrected chi connectivity index (χ4v) is 2.87. The number of rotatable bonds is 5. The first kappa shape index (κ1) is 15.9. The molecule has 1 aliphatic carbocycles. The molecule has 2 rings (SSSR count). The highest BCUT2D eigenvalue weighted by Gasteiger charge is 2.45. The van der Waals surface area contributed by atoms with Gasteiger partial charge in [-0.15, -0.1) is 0 Å². The predicted molar refractivity (Wildman–Crippen MR) is 76.6 cm³/mol. The Morgan fingerprint density at radius 2 is 2.05 bits per heavy atom. The maximum atomic E-state index is 13.7. The molecule has 7 heteroatoms. The van der Waals surface area contributed by atoms with Crippen LogP contribution < -0.4 is 10.5 Å². The summed E-state index contributed by atoms with van der Waals surface area (Å²) >= 11 is 0. The van der Waals surface area contributed by atoms with Crippen molar-refractivity contribution >= 4 is 15.9 Å². The van der Waals surface area contributed by atoms with Gasteiger partial charge in [-0.2, -0.15) is 0 Å². The van der Waals surface area contributed by atoms with Crippen LogP contribution in [0.3, 0.4) is 0 Å². The van der Waals surface area contributed by atoms with Gasteiger partial charge in [-0.3, -0.25) is 4.79 Å². The summed E-state index contributed by atoms with van der Waals surface area (Å²) in [6, 6.07) is 2.94. The summed E-state index contributed by atoms with van der Waals surface area (Å²) in [7, 11) is -3.97. The highest BCUT2D eigenvalue weighted by molar-refractivity contribution is 7.89. The Hall–Kier alpha value is -1.47. The second kappa shape index (κ2) is 5.38. The van der Waals surface area contributed by atoms with Crippen LogP contribution in [0.15, 0.2) is 23.1 Å². The quantitative estimate of drug-likeness (QED) is 0.866. The number of hydrogen-bond donors (Lipinski definition) is 2. The van der Waals surface area contributed by atoms with E-state index in [4.69, 9.17) is 5.14 Å². The Morgan fingerprint density at radius 3 is 2.52 bits per heavy atom. The first-order valence-corrected chi connectivity index (χ1v) is 8.31. The van der Waals surface area contributed by atoms with Gasteiger partial charge in [0.1, 0.15) is 5.82 Å². The Bertz CT molecular complexity index is 667. The maximum absolute atomic E-state index is 13.7. The number of hydrogen-bond acceptors (Lipinski definition) is 3. The monoisotopic (exact) mass is 314 g/mol. The van der Waals surface area contributed by atoms with Crippen LogP contribution >= 0.6 is 0 Å². The van der Waals surface area contributed by atoms with Crippen molar-refractivity contribution in [2.45, 2.75) is 31.6 Å². The number of nitrogens with two attached hydrogens (primary N) is 1. The third-order valence-electron chi connectivity index (χ3n) is 4.23. The number of benzene rings is 1. The zero-order valence-electron chi connectivity index (χ0n) is 12.0. The molecule has 1 saturated carbocycles. The van der Waals surface area contributed by atoms with Crippen LogP contribution in [0.1, 0.15) is 37.0 Å². The van der Waals surface area contributed by atoms with Gasteiger partial charge in [-0.05, 0) is 42.4 Å². The van der Waals surface area contributed by atoms with Gasteiger partial charge in [0.15, 0.2) is 0 Å².